The van der Waals surface area contributed by atoms with Crippen molar-refractivity contribution in [2.75, 3.05) is 19.8 Å². The van der Waals surface area contributed by atoms with E-state index in [0.29, 0.717) is 25.7 Å². The molecule has 6 nitrogen and oxygen atoms in total. The summed E-state index contributed by atoms with van der Waals surface area (Å²) < 4.78 is 5.38. The molecular formula is C12H20N2O4. The Morgan fingerprint density at radius 2 is 2.17 bits per heavy atom. The van der Waals surface area contributed by atoms with Crippen molar-refractivity contribution in [2.24, 2.45) is 11.0 Å². The van der Waals surface area contributed by atoms with Crippen LogP contribution in [0.4, 0.5) is 0 Å². The third-order valence-corrected chi connectivity index (χ3v) is 2.64. The number of hydrogen-bond acceptors (Lipinski definition) is 4. The van der Waals surface area contributed by atoms with Gasteiger partial charge in [0.1, 0.15) is 5.71 Å². The summed E-state index contributed by atoms with van der Waals surface area (Å²) in [5, 5.41) is 13.8. The molecule has 1 amide bonds. The highest BCUT2D eigenvalue weighted by atomic mass is 16.5. The van der Waals surface area contributed by atoms with Gasteiger partial charge in [-0.15, -0.1) is 0 Å². The van der Waals surface area contributed by atoms with Crippen LogP contribution in [0, 0.1) is 5.92 Å². The molecule has 0 saturated carbocycles. The molecule has 102 valence electrons. The van der Waals surface area contributed by atoms with Crippen LogP contribution in [0.2, 0.25) is 0 Å². The SMILES string of the molecule is CC(C)CCOCCN1N=C(C(=O)O)CCC1=O. The van der Waals surface area contributed by atoms with Crippen LogP contribution >= 0.6 is 0 Å². The van der Waals surface area contributed by atoms with Gasteiger partial charge < -0.3 is 9.84 Å². The van der Waals surface area contributed by atoms with Crippen LogP contribution < -0.4 is 0 Å². The minimum atomic E-state index is -1.06. The minimum Gasteiger partial charge on any atom is -0.477 e. The molecule has 0 aromatic heterocycles. The standard InChI is InChI=1S/C12H20N2O4/c1-9(2)5-7-18-8-6-14-11(15)4-3-10(13-14)12(16)17/h9H,3-8H2,1-2H3,(H,16,17). The Kier molecular flexibility index (Phi) is 5.77. The molecule has 0 atom stereocenters. The molecule has 18 heavy (non-hydrogen) atoms. The largest absolute Gasteiger partial charge is 0.477 e. The first kappa shape index (κ1) is 14.6. The van der Waals surface area contributed by atoms with Crippen molar-refractivity contribution in [2.45, 2.75) is 33.1 Å². The number of carbonyl (C=O) groups is 2. The lowest BCUT2D eigenvalue weighted by atomic mass is 10.1. The first-order valence-corrected chi connectivity index (χ1v) is 6.19. The van der Waals surface area contributed by atoms with Gasteiger partial charge in [0.05, 0.1) is 13.2 Å². The number of nitrogens with zero attached hydrogens (tertiary/aromatic N) is 2. The summed E-state index contributed by atoms with van der Waals surface area (Å²) in [7, 11) is 0. The maximum Gasteiger partial charge on any atom is 0.352 e. The van der Waals surface area contributed by atoms with Gasteiger partial charge in [-0.1, -0.05) is 13.8 Å². The Labute approximate surface area is 107 Å². The third kappa shape index (κ3) is 4.83. The molecule has 1 aliphatic heterocycles. The average molecular weight is 256 g/mol. The van der Waals surface area contributed by atoms with Gasteiger partial charge in [-0.2, -0.15) is 5.10 Å². The summed E-state index contributed by atoms with van der Waals surface area (Å²) in [5.41, 5.74) is 0.0387. The zero-order valence-corrected chi connectivity index (χ0v) is 10.9. The zero-order chi connectivity index (χ0) is 13.5. The van der Waals surface area contributed by atoms with Crippen molar-refractivity contribution in [3.05, 3.63) is 0 Å². The van der Waals surface area contributed by atoms with Crippen molar-refractivity contribution in [3.63, 3.8) is 0 Å². The van der Waals surface area contributed by atoms with Crippen LogP contribution in [0.1, 0.15) is 33.1 Å². The highest BCUT2D eigenvalue weighted by Crippen LogP contribution is 2.09. The molecule has 0 fully saturated rings. The molecule has 0 spiro atoms. The van der Waals surface area contributed by atoms with E-state index in [0.717, 1.165) is 6.42 Å². The Morgan fingerprint density at radius 1 is 1.44 bits per heavy atom. The first-order valence-electron chi connectivity index (χ1n) is 6.19. The fraction of sp³-hybridized carbons (Fsp3) is 0.750. The third-order valence-electron chi connectivity index (χ3n) is 2.64. The Balaban J connectivity index is 2.33. The summed E-state index contributed by atoms with van der Waals surface area (Å²) in [6.45, 7) is 5.57. The lowest BCUT2D eigenvalue weighted by molar-refractivity contribution is -0.133. The monoisotopic (exact) mass is 256 g/mol. The van der Waals surface area contributed by atoms with E-state index in [4.69, 9.17) is 9.84 Å². The highest BCUT2D eigenvalue weighted by Gasteiger charge is 2.23. The molecule has 0 unspecified atom stereocenters. The van der Waals surface area contributed by atoms with E-state index in [-0.39, 0.29) is 24.5 Å². The van der Waals surface area contributed by atoms with Gasteiger partial charge in [0.25, 0.3) is 0 Å². The molecule has 0 aromatic rings. The number of aliphatic carboxylic acids is 1. The van der Waals surface area contributed by atoms with Crippen LogP contribution in [0.3, 0.4) is 0 Å². The van der Waals surface area contributed by atoms with Crippen molar-refractivity contribution in [1.29, 1.82) is 0 Å². The number of carbonyl (C=O) groups excluding carboxylic acids is 1. The topological polar surface area (TPSA) is 79.2 Å². The van der Waals surface area contributed by atoms with Gasteiger partial charge in [-0.05, 0) is 12.3 Å². The summed E-state index contributed by atoms with van der Waals surface area (Å²) in [6, 6.07) is 0. The second-order valence-corrected chi connectivity index (χ2v) is 4.66. The lowest BCUT2D eigenvalue weighted by Crippen LogP contribution is -2.36. The van der Waals surface area contributed by atoms with Crippen LogP contribution in [0.15, 0.2) is 5.10 Å². The summed E-state index contributed by atoms with van der Waals surface area (Å²) >= 11 is 0. The molecule has 0 radical (unpaired) electrons. The number of carboxylic acid groups (broad SMARTS) is 1. The normalized spacial score (nSPS) is 16.1. The van der Waals surface area contributed by atoms with Crippen LogP contribution in [-0.4, -0.2) is 47.5 Å². The lowest BCUT2D eigenvalue weighted by Gasteiger charge is -2.22. The van der Waals surface area contributed by atoms with E-state index >= 15 is 0 Å². The maximum atomic E-state index is 11.5. The average Bonchev–Trinajstić information content (AvgIpc) is 2.30. The van der Waals surface area contributed by atoms with Gasteiger partial charge in [0.15, 0.2) is 0 Å². The van der Waals surface area contributed by atoms with Crippen molar-refractivity contribution < 1.29 is 19.4 Å². The van der Waals surface area contributed by atoms with E-state index in [1.807, 2.05) is 0 Å². The fourth-order valence-electron chi connectivity index (χ4n) is 1.50. The van der Waals surface area contributed by atoms with Crippen molar-refractivity contribution >= 4 is 17.6 Å². The Morgan fingerprint density at radius 3 is 2.78 bits per heavy atom. The first-order chi connectivity index (χ1) is 8.50. The van der Waals surface area contributed by atoms with E-state index < -0.39 is 5.97 Å². The molecule has 6 heteroatoms. The van der Waals surface area contributed by atoms with Crippen molar-refractivity contribution in [1.82, 2.24) is 5.01 Å². The van der Waals surface area contributed by atoms with Crippen LogP contribution in [0.5, 0.6) is 0 Å². The highest BCUT2D eigenvalue weighted by molar-refractivity contribution is 6.36. The summed E-state index contributed by atoms with van der Waals surface area (Å²) in [6.07, 6.45) is 1.38. The maximum absolute atomic E-state index is 11.5. The Bertz CT molecular complexity index is 339. The van der Waals surface area contributed by atoms with E-state index in [1.54, 1.807) is 0 Å². The smallest absolute Gasteiger partial charge is 0.352 e. The summed E-state index contributed by atoms with van der Waals surface area (Å²) in [5.74, 6) is -0.626. The number of hydrazone groups is 1. The number of amides is 1. The molecular weight excluding hydrogens is 236 g/mol. The van der Waals surface area contributed by atoms with Crippen LogP contribution in [-0.2, 0) is 14.3 Å². The van der Waals surface area contributed by atoms with Gasteiger partial charge in [-0.25, -0.2) is 9.80 Å². The molecule has 1 N–H and O–H groups in total. The van der Waals surface area contributed by atoms with Crippen molar-refractivity contribution in [3.8, 4) is 0 Å². The Hall–Kier alpha value is -1.43. The predicted molar refractivity (Wildman–Crippen MR) is 66.3 cm³/mol. The van der Waals surface area contributed by atoms with Crippen LogP contribution in [0.25, 0.3) is 0 Å². The number of ether oxygens (including phenoxy) is 1. The van der Waals surface area contributed by atoms with Gasteiger partial charge in [0, 0.05) is 19.4 Å². The second-order valence-electron chi connectivity index (χ2n) is 4.66. The molecule has 0 aromatic carbocycles. The van der Waals surface area contributed by atoms with Gasteiger partial charge in [0.2, 0.25) is 5.91 Å². The molecule has 1 rings (SSSR count). The second kappa shape index (κ2) is 7.10. The van der Waals surface area contributed by atoms with E-state index in [2.05, 4.69) is 18.9 Å². The zero-order valence-electron chi connectivity index (χ0n) is 10.9. The number of carboxylic acids is 1. The minimum absolute atomic E-state index is 0.0387. The quantitative estimate of drug-likeness (QED) is 0.692. The molecule has 0 aliphatic carbocycles. The van der Waals surface area contributed by atoms with E-state index in [9.17, 15) is 9.59 Å². The molecule has 0 saturated heterocycles. The van der Waals surface area contributed by atoms with Gasteiger partial charge in [-0.3, -0.25) is 4.79 Å². The predicted octanol–water partition coefficient (Wildman–Crippen LogP) is 1.11. The molecule has 0 bridgehead atoms. The molecule has 1 aliphatic rings. The van der Waals surface area contributed by atoms with Gasteiger partial charge >= 0.3 is 5.97 Å². The van der Waals surface area contributed by atoms with E-state index in [1.165, 1.54) is 5.01 Å². The number of hydrogen-bond donors (Lipinski definition) is 1. The molecule has 1 heterocycles. The number of rotatable bonds is 7. The summed E-state index contributed by atoms with van der Waals surface area (Å²) in [4.78, 5) is 22.3. The fourth-order valence-corrected chi connectivity index (χ4v) is 1.50.